The van der Waals surface area contributed by atoms with Gasteiger partial charge in [-0.1, -0.05) is 24.3 Å². The number of nitriles is 1. The molecule has 2 saturated heterocycles. The Hall–Kier alpha value is -2.80. The van der Waals surface area contributed by atoms with Gasteiger partial charge in [0.15, 0.2) is 5.78 Å². The van der Waals surface area contributed by atoms with Crippen molar-refractivity contribution >= 4 is 5.78 Å². The largest absolute Gasteiger partial charge is 0.488 e. The third-order valence-corrected chi connectivity index (χ3v) is 5.81. The number of benzene rings is 2. The summed E-state index contributed by atoms with van der Waals surface area (Å²) in [6, 6.07) is 14.7. The van der Waals surface area contributed by atoms with E-state index in [-0.39, 0.29) is 6.10 Å². The van der Waals surface area contributed by atoms with Crippen molar-refractivity contribution in [1.29, 1.82) is 5.26 Å². The number of aliphatic hydroxyl groups excluding tert-OH is 3. The van der Waals surface area contributed by atoms with E-state index in [9.17, 15) is 25.4 Å². The molecule has 2 heterocycles. The van der Waals surface area contributed by atoms with E-state index in [4.69, 9.17) is 14.2 Å². The number of nitrogens with zero attached hydrogens (tertiary/aromatic N) is 1. The minimum absolute atomic E-state index is 0.0635. The highest BCUT2D eigenvalue weighted by Gasteiger charge is 2.43. The second-order valence-electron chi connectivity index (χ2n) is 8.02. The van der Waals surface area contributed by atoms with Gasteiger partial charge in [0.25, 0.3) is 0 Å². The first-order chi connectivity index (χ1) is 15.5. The summed E-state index contributed by atoms with van der Waals surface area (Å²) in [5.41, 5.74) is 2.62. The van der Waals surface area contributed by atoms with E-state index in [0.29, 0.717) is 36.3 Å². The van der Waals surface area contributed by atoms with Gasteiger partial charge in [-0.3, -0.25) is 4.79 Å². The summed E-state index contributed by atoms with van der Waals surface area (Å²) in [5.74, 6) is -0.0428. The molecule has 0 bridgehead atoms. The van der Waals surface area contributed by atoms with Gasteiger partial charge in [-0.2, -0.15) is 5.26 Å². The number of carbonyl (C=O) groups is 1. The summed E-state index contributed by atoms with van der Waals surface area (Å²) in [4.78, 5) is 12.2. The van der Waals surface area contributed by atoms with Gasteiger partial charge < -0.3 is 29.5 Å². The molecule has 1 unspecified atom stereocenters. The zero-order valence-electron chi connectivity index (χ0n) is 17.4. The first kappa shape index (κ1) is 22.4. The Bertz CT molecular complexity index is 994. The number of hydrogen-bond acceptors (Lipinski definition) is 8. The molecule has 2 aromatic rings. The molecule has 0 aliphatic carbocycles. The smallest absolute Gasteiger partial charge is 0.195 e. The van der Waals surface area contributed by atoms with E-state index < -0.39 is 36.8 Å². The predicted molar refractivity (Wildman–Crippen MR) is 112 cm³/mol. The number of carbonyl (C=O) groups excluding carboxylic acids is 1. The van der Waals surface area contributed by atoms with E-state index in [0.717, 1.165) is 17.7 Å². The van der Waals surface area contributed by atoms with Crippen LogP contribution in [-0.4, -0.2) is 65.3 Å². The predicted octanol–water partition coefficient (Wildman–Crippen LogP) is 1.04. The van der Waals surface area contributed by atoms with Gasteiger partial charge >= 0.3 is 0 Å². The first-order valence-electron chi connectivity index (χ1n) is 10.5. The number of ketones is 1. The molecule has 2 aromatic carbocycles. The number of hydrogen-bond donors (Lipinski definition) is 3. The third-order valence-electron chi connectivity index (χ3n) is 5.81. The maximum atomic E-state index is 12.2. The summed E-state index contributed by atoms with van der Waals surface area (Å²) in [7, 11) is 0. The van der Waals surface area contributed by atoms with Gasteiger partial charge in [-0.05, 0) is 41.3 Å². The minimum atomic E-state index is -1.58. The molecule has 2 aliphatic heterocycles. The van der Waals surface area contributed by atoms with E-state index in [1.54, 1.807) is 18.2 Å². The Morgan fingerprint density at radius 1 is 1.12 bits per heavy atom. The van der Waals surface area contributed by atoms with Crippen LogP contribution >= 0.6 is 0 Å². The maximum absolute atomic E-state index is 12.2. The number of rotatable bonds is 6. The zero-order chi connectivity index (χ0) is 22.7. The normalized spacial score (nSPS) is 27.8. The molecule has 8 heteroatoms. The molecule has 0 saturated carbocycles. The van der Waals surface area contributed by atoms with E-state index in [1.807, 2.05) is 24.3 Å². The van der Waals surface area contributed by atoms with Crippen LogP contribution in [0.3, 0.4) is 0 Å². The highest BCUT2D eigenvalue weighted by molar-refractivity contribution is 5.89. The fourth-order valence-electron chi connectivity index (χ4n) is 4.00. The summed E-state index contributed by atoms with van der Waals surface area (Å²) in [6.07, 6.45) is -3.93. The van der Waals surface area contributed by atoms with Crippen LogP contribution < -0.4 is 4.74 Å². The lowest BCUT2D eigenvalue weighted by atomic mass is 9.90. The van der Waals surface area contributed by atoms with E-state index in [2.05, 4.69) is 6.07 Å². The Morgan fingerprint density at radius 3 is 2.56 bits per heavy atom. The van der Waals surface area contributed by atoms with Crippen molar-refractivity contribution in [2.75, 3.05) is 19.8 Å². The molecule has 0 aromatic heterocycles. The summed E-state index contributed by atoms with van der Waals surface area (Å²) < 4.78 is 16.8. The quantitative estimate of drug-likeness (QED) is 0.609. The van der Waals surface area contributed by atoms with Crippen LogP contribution in [0.4, 0.5) is 0 Å². The molecule has 4 rings (SSSR count). The number of aliphatic hydroxyl groups is 3. The average molecular weight is 439 g/mol. The average Bonchev–Trinajstić information content (AvgIpc) is 3.32. The van der Waals surface area contributed by atoms with Crippen LogP contribution in [0.1, 0.15) is 34.8 Å². The SMILES string of the molecule is N#Cc1ccc([C@@H]2OC(CO)[C@@H](O)C(=O)[C@H]2O)cc1Cc1ccc(O[C@H]2CCOC2)cc1. The number of Topliss-reactive ketones (excluding diaryl/α,β-unsaturated/α-hetero) is 1. The molecule has 32 heavy (non-hydrogen) atoms. The topological polar surface area (TPSA) is 129 Å². The highest BCUT2D eigenvalue weighted by atomic mass is 16.5. The van der Waals surface area contributed by atoms with Gasteiger partial charge in [0, 0.05) is 6.42 Å². The first-order valence-corrected chi connectivity index (χ1v) is 10.5. The molecule has 8 nitrogen and oxygen atoms in total. The Morgan fingerprint density at radius 2 is 1.91 bits per heavy atom. The van der Waals surface area contributed by atoms with Crippen molar-refractivity contribution < 1.29 is 34.3 Å². The fourth-order valence-corrected chi connectivity index (χ4v) is 4.00. The lowest BCUT2D eigenvalue weighted by molar-refractivity contribution is -0.189. The molecular weight excluding hydrogens is 414 g/mol. The zero-order valence-corrected chi connectivity index (χ0v) is 17.4. The van der Waals surface area contributed by atoms with Crippen LogP contribution in [0.15, 0.2) is 42.5 Å². The lowest BCUT2D eigenvalue weighted by Crippen LogP contribution is -2.52. The van der Waals surface area contributed by atoms with Crippen LogP contribution in [-0.2, 0) is 20.7 Å². The molecule has 0 radical (unpaired) electrons. The standard InChI is InChI=1S/C24H25NO7/c25-11-16-4-3-15(24-23(29)22(28)21(27)20(12-26)32-24)10-17(16)9-14-1-5-18(6-2-14)31-19-7-8-30-13-19/h1-6,10,19-21,23-24,26-27,29H,7-9,12-13H2/t19-,20?,21+,23+,24-/m0/s1. The summed E-state index contributed by atoms with van der Waals surface area (Å²) in [5, 5.41) is 39.1. The van der Waals surface area contributed by atoms with E-state index in [1.165, 1.54) is 0 Å². The minimum Gasteiger partial charge on any atom is -0.488 e. The van der Waals surface area contributed by atoms with Crippen molar-refractivity contribution in [3.05, 3.63) is 64.7 Å². The summed E-state index contributed by atoms with van der Waals surface area (Å²) >= 11 is 0. The molecule has 2 fully saturated rings. The molecule has 5 atom stereocenters. The lowest BCUT2D eigenvalue weighted by Gasteiger charge is -2.35. The van der Waals surface area contributed by atoms with Crippen LogP contribution in [0.2, 0.25) is 0 Å². The second kappa shape index (κ2) is 9.77. The molecule has 2 aliphatic rings. The fraction of sp³-hybridized carbons (Fsp3) is 0.417. The van der Waals surface area contributed by atoms with Crippen molar-refractivity contribution in [1.82, 2.24) is 0 Å². The van der Waals surface area contributed by atoms with Gasteiger partial charge in [-0.25, -0.2) is 0 Å². The van der Waals surface area contributed by atoms with Gasteiger partial charge in [0.1, 0.15) is 36.3 Å². The van der Waals surface area contributed by atoms with E-state index >= 15 is 0 Å². The monoisotopic (exact) mass is 439 g/mol. The highest BCUT2D eigenvalue weighted by Crippen LogP contribution is 2.32. The van der Waals surface area contributed by atoms with Gasteiger partial charge in [0.2, 0.25) is 0 Å². The van der Waals surface area contributed by atoms with Gasteiger partial charge in [-0.15, -0.1) is 0 Å². The van der Waals surface area contributed by atoms with Crippen LogP contribution in [0.5, 0.6) is 5.75 Å². The third kappa shape index (κ3) is 4.67. The number of ether oxygens (including phenoxy) is 3. The summed E-state index contributed by atoms with van der Waals surface area (Å²) in [6.45, 7) is 0.742. The Kier molecular flexibility index (Phi) is 6.84. The molecule has 0 spiro atoms. The van der Waals surface area contributed by atoms with Crippen molar-refractivity contribution in [3.8, 4) is 11.8 Å². The van der Waals surface area contributed by atoms with Crippen LogP contribution in [0.25, 0.3) is 0 Å². The molecular formula is C24H25NO7. The van der Waals surface area contributed by atoms with Crippen molar-refractivity contribution in [2.24, 2.45) is 0 Å². The van der Waals surface area contributed by atoms with Crippen LogP contribution in [0, 0.1) is 11.3 Å². The molecule has 0 amide bonds. The Balaban J connectivity index is 1.53. The molecule has 168 valence electrons. The van der Waals surface area contributed by atoms with Crippen molar-refractivity contribution in [2.45, 2.75) is 43.4 Å². The Labute approximate surface area is 185 Å². The van der Waals surface area contributed by atoms with Gasteiger partial charge in [0.05, 0.1) is 31.5 Å². The molecule has 3 N–H and O–H groups in total. The second-order valence-corrected chi connectivity index (χ2v) is 8.02. The van der Waals surface area contributed by atoms with Crippen molar-refractivity contribution in [3.63, 3.8) is 0 Å². The maximum Gasteiger partial charge on any atom is 0.195 e.